The second-order valence-electron chi connectivity index (χ2n) is 6.54. The summed E-state index contributed by atoms with van der Waals surface area (Å²) >= 11 is 0. The number of terminal acetylenes is 1. The normalized spacial score (nSPS) is 11.0. The molecule has 2 N–H and O–H groups in total. The molecule has 0 aromatic heterocycles. The van der Waals surface area contributed by atoms with Gasteiger partial charge in [-0.2, -0.15) is 0 Å². The molecule has 7 heteroatoms. The first-order chi connectivity index (χ1) is 14.1. The number of ether oxygens (including phenoxy) is 2. The van der Waals surface area contributed by atoms with Gasteiger partial charge in [-0.15, -0.1) is 12.3 Å². The molecule has 0 unspecified atom stereocenters. The predicted molar refractivity (Wildman–Crippen MR) is 110 cm³/mol. The van der Waals surface area contributed by atoms with Crippen molar-refractivity contribution in [3.63, 3.8) is 0 Å². The van der Waals surface area contributed by atoms with Crippen molar-refractivity contribution in [1.29, 1.82) is 0 Å². The van der Waals surface area contributed by atoms with Gasteiger partial charge in [0.25, 0.3) is 0 Å². The molecule has 0 fully saturated rings. The number of rotatable bonds is 13. The Morgan fingerprint density at radius 1 is 1.10 bits per heavy atom. The highest BCUT2D eigenvalue weighted by molar-refractivity contribution is 5.84. The van der Waals surface area contributed by atoms with E-state index in [0.717, 1.165) is 18.4 Å². The largest absolute Gasteiger partial charge is 0.467 e. The maximum absolute atomic E-state index is 12.0. The highest BCUT2D eigenvalue weighted by Crippen LogP contribution is 2.05. The third kappa shape index (κ3) is 11.4. The molecular weight excluding hydrogens is 372 g/mol. The van der Waals surface area contributed by atoms with E-state index >= 15 is 0 Å². The highest BCUT2D eigenvalue weighted by Gasteiger charge is 2.20. The zero-order valence-electron chi connectivity index (χ0n) is 16.9. The second kappa shape index (κ2) is 15.0. The average molecular weight is 402 g/mol. The van der Waals surface area contributed by atoms with Gasteiger partial charge in [0.15, 0.2) is 0 Å². The maximum atomic E-state index is 12.0. The Morgan fingerprint density at radius 3 is 2.55 bits per heavy atom. The standard InChI is InChI=1S/C22H30N2O5/c1-3-4-7-14-19(21(26)28-2)24-20(25)15-10-6-11-16-23-22(27)29-17-18-12-8-5-9-13-18/h1,5,8-9,12-13,19H,4,6-7,10-11,14-17H2,2H3,(H,23,27)(H,24,25)/t19-/m1/s1. The van der Waals surface area contributed by atoms with Crippen molar-refractivity contribution in [3.8, 4) is 12.3 Å². The number of unbranched alkanes of at least 4 members (excludes halogenated alkanes) is 3. The topological polar surface area (TPSA) is 93.7 Å². The first-order valence-electron chi connectivity index (χ1n) is 9.82. The predicted octanol–water partition coefficient (Wildman–Crippen LogP) is 2.93. The molecule has 7 nitrogen and oxygen atoms in total. The van der Waals surface area contributed by atoms with Crippen LogP contribution in [-0.4, -0.2) is 37.7 Å². The van der Waals surface area contributed by atoms with Gasteiger partial charge < -0.3 is 20.1 Å². The Balaban J connectivity index is 2.11. The van der Waals surface area contributed by atoms with E-state index in [1.807, 2.05) is 30.3 Å². The Hall–Kier alpha value is -3.01. The van der Waals surface area contributed by atoms with Gasteiger partial charge >= 0.3 is 12.1 Å². The zero-order chi connectivity index (χ0) is 21.3. The quantitative estimate of drug-likeness (QED) is 0.301. The van der Waals surface area contributed by atoms with E-state index in [-0.39, 0.29) is 12.5 Å². The van der Waals surface area contributed by atoms with Crippen LogP contribution in [0.2, 0.25) is 0 Å². The van der Waals surface area contributed by atoms with Crippen LogP contribution in [-0.2, 0) is 25.7 Å². The minimum atomic E-state index is -0.665. The summed E-state index contributed by atoms with van der Waals surface area (Å²) in [7, 11) is 1.29. The molecule has 0 heterocycles. The van der Waals surface area contributed by atoms with Gasteiger partial charge in [0, 0.05) is 19.4 Å². The molecule has 29 heavy (non-hydrogen) atoms. The third-order valence-electron chi connectivity index (χ3n) is 4.20. The van der Waals surface area contributed by atoms with Crippen LogP contribution in [0.4, 0.5) is 4.79 Å². The van der Waals surface area contributed by atoms with E-state index in [4.69, 9.17) is 15.9 Å². The SMILES string of the molecule is C#CCCC[C@@H](NC(=O)CCCCCNC(=O)OCc1ccccc1)C(=O)OC. The van der Waals surface area contributed by atoms with Crippen LogP contribution >= 0.6 is 0 Å². The number of amides is 2. The van der Waals surface area contributed by atoms with Gasteiger partial charge in [-0.25, -0.2) is 9.59 Å². The summed E-state index contributed by atoms with van der Waals surface area (Å²) in [6, 6.07) is 8.78. The second-order valence-corrected chi connectivity index (χ2v) is 6.54. The third-order valence-corrected chi connectivity index (χ3v) is 4.20. The lowest BCUT2D eigenvalue weighted by molar-refractivity contribution is -0.145. The fraction of sp³-hybridized carbons (Fsp3) is 0.500. The van der Waals surface area contributed by atoms with Gasteiger partial charge in [-0.1, -0.05) is 36.8 Å². The van der Waals surface area contributed by atoms with Crippen molar-refractivity contribution in [2.24, 2.45) is 0 Å². The van der Waals surface area contributed by atoms with Crippen LogP contribution in [0.5, 0.6) is 0 Å². The van der Waals surface area contributed by atoms with Crippen molar-refractivity contribution in [1.82, 2.24) is 10.6 Å². The highest BCUT2D eigenvalue weighted by atomic mass is 16.5. The molecule has 0 aliphatic rings. The number of benzene rings is 1. The van der Waals surface area contributed by atoms with Gasteiger partial charge in [0.2, 0.25) is 5.91 Å². The van der Waals surface area contributed by atoms with Gasteiger partial charge in [0.05, 0.1) is 7.11 Å². The molecule has 0 radical (unpaired) electrons. The smallest absolute Gasteiger partial charge is 0.407 e. The van der Waals surface area contributed by atoms with Crippen molar-refractivity contribution in [2.45, 2.75) is 57.6 Å². The average Bonchev–Trinajstić information content (AvgIpc) is 2.74. The van der Waals surface area contributed by atoms with E-state index in [0.29, 0.717) is 38.6 Å². The molecule has 0 aliphatic carbocycles. The van der Waals surface area contributed by atoms with Crippen molar-refractivity contribution >= 4 is 18.0 Å². The molecule has 0 saturated carbocycles. The number of methoxy groups -OCH3 is 1. The van der Waals surface area contributed by atoms with Crippen LogP contribution in [0.15, 0.2) is 30.3 Å². The van der Waals surface area contributed by atoms with Gasteiger partial charge in [-0.05, 0) is 31.2 Å². The number of carbonyl (C=O) groups is 3. The maximum Gasteiger partial charge on any atom is 0.407 e. The summed E-state index contributed by atoms with van der Waals surface area (Å²) in [5.74, 6) is 1.85. The summed E-state index contributed by atoms with van der Waals surface area (Å²) < 4.78 is 9.83. The van der Waals surface area contributed by atoms with E-state index < -0.39 is 18.1 Å². The molecule has 0 aliphatic heterocycles. The van der Waals surface area contributed by atoms with Crippen LogP contribution in [0.25, 0.3) is 0 Å². The Bertz CT molecular complexity index is 670. The van der Waals surface area contributed by atoms with Crippen molar-refractivity contribution in [3.05, 3.63) is 35.9 Å². The lowest BCUT2D eigenvalue weighted by Crippen LogP contribution is -2.41. The number of hydrogen-bond acceptors (Lipinski definition) is 5. The van der Waals surface area contributed by atoms with Crippen LogP contribution in [0.1, 0.15) is 50.5 Å². The molecule has 2 amide bonds. The minimum absolute atomic E-state index is 0.198. The summed E-state index contributed by atoms with van der Waals surface area (Å²) in [5, 5.41) is 5.38. The molecule has 0 spiro atoms. The van der Waals surface area contributed by atoms with Crippen LogP contribution in [0.3, 0.4) is 0 Å². The van der Waals surface area contributed by atoms with Crippen LogP contribution in [0, 0.1) is 12.3 Å². The molecule has 1 aromatic carbocycles. The van der Waals surface area contributed by atoms with E-state index in [2.05, 4.69) is 16.6 Å². The molecule has 1 aromatic rings. The number of nitrogens with one attached hydrogen (secondary N) is 2. The lowest BCUT2D eigenvalue weighted by atomic mass is 10.1. The van der Waals surface area contributed by atoms with Crippen molar-refractivity contribution in [2.75, 3.05) is 13.7 Å². The molecule has 1 atom stereocenters. The van der Waals surface area contributed by atoms with Crippen LogP contribution < -0.4 is 10.6 Å². The molecular formula is C22H30N2O5. The summed E-state index contributed by atoms with van der Waals surface area (Å²) in [4.78, 5) is 35.4. The molecule has 0 bridgehead atoms. The first kappa shape index (κ1) is 24.0. The molecule has 1 rings (SSSR count). The van der Waals surface area contributed by atoms with E-state index in [1.165, 1.54) is 7.11 Å². The van der Waals surface area contributed by atoms with E-state index in [1.54, 1.807) is 0 Å². The number of hydrogen-bond donors (Lipinski definition) is 2. The Labute approximate surface area is 172 Å². The lowest BCUT2D eigenvalue weighted by Gasteiger charge is -2.16. The fourth-order valence-corrected chi connectivity index (χ4v) is 2.62. The summed E-state index contributed by atoms with van der Waals surface area (Å²) in [5.41, 5.74) is 0.929. The minimum Gasteiger partial charge on any atom is -0.467 e. The number of alkyl carbamates (subject to hydrolysis) is 1. The summed E-state index contributed by atoms with van der Waals surface area (Å²) in [6.07, 6.45) is 8.86. The number of esters is 1. The Morgan fingerprint density at radius 2 is 1.86 bits per heavy atom. The first-order valence-corrected chi connectivity index (χ1v) is 9.82. The number of carbonyl (C=O) groups excluding carboxylic acids is 3. The van der Waals surface area contributed by atoms with Gasteiger partial charge in [0.1, 0.15) is 12.6 Å². The van der Waals surface area contributed by atoms with Crippen molar-refractivity contribution < 1.29 is 23.9 Å². The summed E-state index contributed by atoms with van der Waals surface area (Å²) in [6.45, 7) is 0.710. The van der Waals surface area contributed by atoms with Gasteiger partial charge in [-0.3, -0.25) is 4.79 Å². The molecule has 0 saturated heterocycles. The zero-order valence-corrected chi connectivity index (χ0v) is 16.9. The molecule has 158 valence electrons. The monoisotopic (exact) mass is 402 g/mol. The Kier molecular flexibility index (Phi) is 12.4. The van der Waals surface area contributed by atoms with E-state index in [9.17, 15) is 14.4 Å². The fourth-order valence-electron chi connectivity index (χ4n) is 2.62.